The van der Waals surface area contributed by atoms with Crippen molar-refractivity contribution in [3.63, 3.8) is 0 Å². The molecule has 0 radical (unpaired) electrons. The maximum Gasteiger partial charge on any atom is 0.344 e. The lowest BCUT2D eigenvalue weighted by Gasteiger charge is -2.25. The number of nitrogens with one attached hydrogen (secondary N) is 8. The van der Waals surface area contributed by atoms with Gasteiger partial charge in [-0.25, -0.2) is 14.6 Å². The van der Waals surface area contributed by atoms with Crippen molar-refractivity contribution in [1.29, 1.82) is 0 Å². The third-order valence-corrected chi connectivity index (χ3v) is 12.9. The number of carbonyl (C=O) groups excluding carboxylic acids is 6. The Kier molecular flexibility index (Phi) is 12.6. The minimum atomic E-state index is -1.10. The zero-order valence-corrected chi connectivity index (χ0v) is 34.1. The molecular formula is C44H48N10O6S. The summed E-state index contributed by atoms with van der Waals surface area (Å²) in [5.74, 6) is -0.947. The fraction of sp³-hybridized carbons (Fsp3) is 0.341. The molecule has 17 heteroatoms. The number of thioether (sulfide) groups is 1. The number of hydrogen-bond donors (Lipinski definition) is 8. The van der Waals surface area contributed by atoms with Gasteiger partial charge < -0.3 is 36.6 Å². The van der Waals surface area contributed by atoms with Crippen LogP contribution in [0.15, 0.2) is 96.4 Å². The van der Waals surface area contributed by atoms with Crippen molar-refractivity contribution >= 4 is 75.5 Å². The van der Waals surface area contributed by atoms with Gasteiger partial charge in [0.25, 0.3) is 0 Å². The number of nitrogens with zero attached hydrogens (tertiary/aromatic N) is 2. The van der Waals surface area contributed by atoms with Gasteiger partial charge in [-0.05, 0) is 48.1 Å². The summed E-state index contributed by atoms with van der Waals surface area (Å²) in [5.41, 5.74) is 4.28. The first-order valence-electron chi connectivity index (χ1n) is 20.5. The van der Waals surface area contributed by atoms with Gasteiger partial charge in [0.1, 0.15) is 18.6 Å². The molecule has 8 N–H and O–H groups in total. The van der Waals surface area contributed by atoms with E-state index >= 15 is 0 Å². The predicted octanol–water partition coefficient (Wildman–Crippen LogP) is 3.39. The molecule has 3 aliphatic rings. The quantitative estimate of drug-likeness (QED) is 0.0284. The van der Waals surface area contributed by atoms with Crippen LogP contribution in [0, 0.1) is 0 Å². The number of imide groups is 1. The normalized spacial score (nSPS) is 20.0. The first-order chi connectivity index (χ1) is 29.7. The minimum absolute atomic E-state index is 0.0862. The van der Waals surface area contributed by atoms with Crippen molar-refractivity contribution in [1.82, 2.24) is 46.9 Å². The molecule has 3 saturated heterocycles. The Bertz CT molecular complexity index is 2450. The van der Waals surface area contributed by atoms with Crippen LogP contribution in [0.5, 0.6) is 0 Å². The van der Waals surface area contributed by atoms with Crippen LogP contribution in [-0.4, -0.2) is 105 Å². The van der Waals surface area contributed by atoms with E-state index in [0.29, 0.717) is 12.8 Å². The molecule has 3 fully saturated rings. The Balaban J connectivity index is 1.01. The Hall–Kier alpha value is -6.62. The van der Waals surface area contributed by atoms with Gasteiger partial charge in [-0.3, -0.25) is 24.5 Å². The van der Waals surface area contributed by atoms with Gasteiger partial charge in [0.15, 0.2) is 0 Å². The van der Waals surface area contributed by atoms with Crippen molar-refractivity contribution in [2.45, 2.75) is 80.4 Å². The van der Waals surface area contributed by atoms with Crippen LogP contribution in [0.2, 0.25) is 0 Å². The maximum absolute atomic E-state index is 14.6. The number of urea groups is 2. The standard InChI is InChI=1S/C44H48N10O6S/c55-38(17-9-8-16-37-40-36(25-61-37)51-43(59)53-40)49-34(19-27-21-45-32-14-6-4-12-30(27)32)42(58)50-35(20-28-22-46-33-15-7-5-13-31(28)33)41(57)48-29(18-26-10-2-1-3-11-26)23-47-54-24-39(56)52-44(54)60/h1-7,10-15,21-23,29,34-37,40,45-46H,8-9,16-20,24-25H2,(H,48,57)(H,49,55)(H,50,58)(H2,51,53,59)(H,52,56,60)/b47-23+/t29-,34-,35-,36?,37?,40?/m0/s1. The fourth-order valence-corrected chi connectivity index (χ4v) is 9.79. The summed E-state index contributed by atoms with van der Waals surface area (Å²) >= 11 is 1.83. The highest BCUT2D eigenvalue weighted by Crippen LogP contribution is 2.33. The summed E-state index contributed by atoms with van der Waals surface area (Å²) in [6.07, 6.45) is 8.08. The zero-order valence-electron chi connectivity index (χ0n) is 33.3. The number of amides is 8. The number of unbranched alkanes of at least 4 members (excludes halogenated alkanes) is 1. The first-order valence-corrected chi connectivity index (χ1v) is 21.6. The Morgan fingerprint density at radius 3 is 2.08 bits per heavy atom. The van der Waals surface area contributed by atoms with Crippen LogP contribution in [0.3, 0.4) is 0 Å². The molecule has 316 valence electrons. The molecule has 5 heterocycles. The SMILES string of the molecule is O=C1CN(/N=C/[C@H](Cc2ccccc2)NC(=O)[C@H](Cc2c[nH]c3ccccc23)NC(=O)[C@H](Cc2c[nH]c3ccccc23)NC(=O)CCCCC2SCC3NC(=O)NC32)C(=O)N1. The van der Waals surface area contributed by atoms with Crippen molar-refractivity contribution in [2.75, 3.05) is 12.3 Å². The average molecular weight is 845 g/mol. The van der Waals surface area contributed by atoms with E-state index in [-0.39, 0.29) is 55.1 Å². The van der Waals surface area contributed by atoms with E-state index < -0.39 is 41.9 Å². The number of para-hydroxylation sites is 2. The second kappa shape index (κ2) is 18.8. The average Bonchev–Trinajstić information content (AvgIpc) is 4.09. The Labute approximate surface area is 355 Å². The lowest BCUT2D eigenvalue weighted by atomic mass is 10.0. The summed E-state index contributed by atoms with van der Waals surface area (Å²) < 4.78 is 0. The lowest BCUT2D eigenvalue weighted by molar-refractivity contribution is -0.132. The topological polar surface area (TPSA) is 222 Å². The van der Waals surface area contributed by atoms with Crippen molar-refractivity contribution in [2.24, 2.45) is 5.10 Å². The third kappa shape index (κ3) is 10.1. The van der Waals surface area contributed by atoms with Crippen LogP contribution in [0.1, 0.15) is 42.4 Å². The molecule has 0 bridgehead atoms. The molecule has 0 saturated carbocycles. The van der Waals surface area contributed by atoms with E-state index in [2.05, 4.69) is 47.0 Å². The van der Waals surface area contributed by atoms with Crippen LogP contribution in [0.25, 0.3) is 21.8 Å². The molecule has 5 aromatic rings. The monoisotopic (exact) mass is 844 g/mol. The van der Waals surface area contributed by atoms with Crippen molar-refractivity contribution < 1.29 is 28.8 Å². The van der Waals surface area contributed by atoms with Gasteiger partial charge in [0.2, 0.25) is 23.6 Å². The zero-order chi connectivity index (χ0) is 42.3. The largest absolute Gasteiger partial charge is 0.361 e. The molecule has 6 atom stereocenters. The highest BCUT2D eigenvalue weighted by atomic mass is 32.2. The van der Waals surface area contributed by atoms with Gasteiger partial charge in [-0.15, -0.1) is 0 Å². The molecule has 2 aromatic heterocycles. The number of rotatable bonds is 18. The van der Waals surface area contributed by atoms with Crippen LogP contribution in [-0.2, 0) is 38.4 Å². The smallest absolute Gasteiger partial charge is 0.344 e. The van der Waals surface area contributed by atoms with Gasteiger partial charge in [-0.1, -0.05) is 73.2 Å². The predicted molar refractivity (Wildman–Crippen MR) is 233 cm³/mol. The van der Waals surface area contributed by atoms with E-state index in [9.17, 15) is 28.8 Å². The van der Waals surface area contributed by atoms with Crippen molar-refractivity contribution in [3.05, 3.63) is 108 Å². The molecule has 8 rings (SSSR count). The van der Waals surface area contributed by atoms with Gasteiger partial charge in [0.05, 0.1) is 18.1 Å². The second-order valence-corrected chi connectivity index (χ2v) is 16.9. The molecule has 3 aromatic carbocycles. The van der Waals surface area contributed by atoms with E-state index in [1.807, 2.05) is 103 Å². The molecule has 0 spiro atoms. The summed E-state index contributed by atoms with van der Waals surface area (Å²) in [6.45, 7) is -0.248. The summed E-state index contributed by atoms with van der Waals surface area (Å²) in [5, 5.41) is 24.5. The highest BCUT2D eigenvalue weighted by molar-refractivity contribution is 8.00. The van der Waals surface area contributed by atoms with Crippen LogP contribution in [0.4, 0.5) is 9.59 Å². The number of aromatic amines is 2. The molecule has 16 nitrogen and oxygen atoms in total. The summed E-state index contributed by atoms with van der Waals surface area (Å²) in [7, 11) is 0. The third-order valence-electron chi connectivity index (χ3n) is 11.3. The van der Waals surface area contributed by atoms with Gasteiger partial charge in [-0.2, -0.15) is 16.9 Å². The van der Waals surface area contributed by atoms with E-state index in [1.165, 1.54) is 6.21 Å². The van der Waals surface area contributed by atoms with E-state index in [0.717, 1.165) is 62.1 Å². The maximum atomic E-state index is 14.6. The Morgan fingerprint density at radius 1 is 0.770 bits per heavy atom. The van der Waals surface area contributed by atoms with Crippen molar-refractivity contribution in [3.8, 4) is 0 Å². The number of carbonyl (C=O) groups is 6. The molecule has 8 amide bonds. The number of H-pyrrole nitrogens is 2. The number of fused-ring (bicyclic) bond motifs is 3. The van der Waals surface area contributed by atoms with E-state index in [4.69, 9.17) is 0 Å². The molecular weight excluding hydrogens is 797 g/mol. The number of aromatic nitrogens is 2. The van der Waals surface area contributed by atoms with Gasteiger partial charge >= 0.3 is 12.1 Å². The van der Waals surface area contributed by atoms with Crippen LogP contribution >= 0.6 is 11.8 Å². The summed E-state index contributed by atoms with van der Waals surface area (Å²) in [6, 6.07) is 21.4. The molecule has 0 aliphatic carbocycles. The van der Waals surface area contributed by atoms with Crippen LogP contribution < -0.4 is 31.9 Å². The number of hydrogen-bond acceptors (Lipinski definition) is 8. The van der Waals surface area contributed by atoms with E-state index in [1.54, 1.807) is 0 Å². The highest BCUT2D eigenvalue weighted by Gasteiger charge is 2.42. The lowest BCUT2D eigenvalue weighted by Crippen LogP contribution is -2.56. The molecule has 3 unspecified atom stereocenters. The summed E-state index contributed by atoms with van der Waals surface area (Å²) in [4.78, 5) is 85.1. The number of hydrazone groups is 1. The molecule has 3 aliphatic heterocycles. The van der Waals surface area contributed by atoms with Gasteiger partial charge in [0, 0.05) is 70.7 Å². The minimum Gasteiger partial charge on any atom is -0.361 e. The fourth-order valence-electron chi connectivity index (χ4n) is 8.25. The second-order valence-electron chi connectivity index (χ2n) is 15.7. The first kappa shape index (κ1) is 41.1. The Morgan fingerprint density at radius 2 is 1.41 bits per heavy atom. The molecule has 61 heavy (non-hydrogen) atoms. The number of benzene rings is 3.